The van der Waals surface area contributed by atoms with Crippen LogP contribution < -0.4 is 10.2 Å². The summed E-state index contributed by atoms with van der Waals surface area (Å²) in [6.07, 6.45) is 0. The second-order valence-electron chi connectivity index (χ2n) is 2.70. The molecule has 0 radical (unpaired) electrons. The summed E-state index contributed by atoms with van der Waals surface area (Å²) in [6, 6.07) is 0.459. The summed E-state index contributed by atoms with van der Waals surface area (Å²) in [5, 5.41) is 21.9. The average Bonchev–Trinajstić information content (AvgIpc) is 2.05. The Morgan fingerprint density at radius 1 is 0.938 bits per heavy atom. The summed E-state index contributed by atoms with van der Waals surface area (Å²) in [4.78, 5) is -2.47. The fourth-order valence-electron chi connectivity index (χ4n) is 0.893. The van der Waals surface area contributed by atoms with Gasteiger partial charge in [0.1, 0.15) is 0 Å². The lowest BCUT2D eigenvalue weighted by atomic mass is 10.3. The third-order valence-corrected chi connectivity index (χ3v) is 3.26. The largest absolute Gasteiger partial charge is 0.873 e. The van der Waals surface area contributed by atoms with Crippen molar-refractivity contribution >= 4 is 20.2 Å². The Bertz CT molecular complexity index is 627. The zero-order valence-electron chi connectivity index (χ0n) is 7.32. The van der Waals surface area contributed by atoms with Gasteiger partial charge in [-0.15, -0.1) is 5.75 Å². The predicted molar refractivity (Wildman–Crippen MR) is 45.0 cm³/mol. The Morgan fingerprint density at radius 3 is 1.81 bits per heavy atom. The van der Waals surface area contributed by atoms with Gasteiger partial charge in [-0.2, -0.15) is 16.8 Å². The van der Waals surface area contributed by atoms with Crippen LogP contribution in [0.15, 0.2) is 21.9 Å². The molecule has 0 unspecified atom stereocenters. The number of hydrogen-bond acceptors (Lipinski definition) is 6. The van der Waals surface area contributed by atoms with Crippen molar-refractivity contribution in [1.82, 2.24) is 0 Å². The Morgan fingerprint density at radius 2 is 1.44 bits per heavy atom. The van der Waals surface area contributed by atoms with Gasteiger partial charge >= 0.3 is 0 Å². The highest BCUT2D eigenvalue weighted by molar-refractivity contribution is 7.86. The van der Waals surface area contributed by atoms with Crippen molar-refractivity contribution in [3.8, 4) is 11.5 Å². The molecule has 16 heavy (non-hydrogen) atoms. The molecule has 0 aliphatic carbocycles. The lowest BCUT2D eigenvalue weighted by Crippen LogP contribution is -2.10. The quantitative estimate of drug-likeness (QED) is 0.603. The van der Waals surface area contributed by atoms with Gasteiger partial charge < -0.3 is 10.2 Å². The second-order valence-corrected chi connectivity index (χ2v) is 5.51. The standard InChI is InChI=1S/C6H6O8S2/c7-4-1-3(15(9,10)11)2-5(6(4)8)16(12,13)14/h1-2,7-8H,(H,9,10,11)(H,12,13,14)/p-2. The van der Waals surface area contributed by atoms with E-state index < -0.39 is 41.5 Å². The lowest BCUT2D eigenvalue weighted by Gasteiger charge is -2.21. The van der Waals surface area contributed by atoms with E-state index in [0.717, 1.165) is 0 Å². The van der Waals surface area contributed by atoms with Crippen LogP contribution in [0.3, 0.4) is 0 Å². The van der Waals surface area contributed by atoms with E-state index in [0.29, 0.717) is 0 Å². The van der Waals surface area contributed by atoms with Crippen molar-refractivity contribution in [2.45, 2.75) is 9.79 Å². The van der Waals surface area contributed by atoms with E-state index in [1.807, 2.05) is 0 Å². The van der Waals surface area contributed by atoms with Gasteiger partial charge in [-0.25, -0.2) is 0 Å². The first kappa shape index (κ1) is 12.7. The molecule has 8 nitrogen and oxygen atoms in total. The summed E-state index contributed by atoms with van der Waals surface area (Å²) >= 11 is 0. The zero-order chi connectivity index (χ0) is 12.7. The first-order valence-corrected chi connectivity index (χ1v) is 6.38. The van der Waals surface area contributed by atoms with E-state index in [4.69, 9.17) is 9.11 Å². The van der Waals surface area contributed by atoms with Crippen molar-refractivity contribution in [3.63, 3.8) is 0 Å². The number of benzene rings is 1. The van der Waals surface area contributed by atoms with Gasteiger partial charge in [0.05, 0.1) is 9.79 Å². The average molecular weight is 268 g/mol. The second kappa shape index (κ2) is 3.59. The highest BCUT2D eigenvalue weighted by atomic mass is 32.2. The molecule has 0 amide bonds. The third kappa shape index (κ3) is 2.41. The maximum atomic E-state index is 11.0. The van der Waals surface area contributed by atoms with Gasteiger partial charge in [0.25, 0.3) is 20.2 Å². The molecule has 0 spiro atoms. The summed E-state index contributed by atoms with van der Waals surface area (Å²) < 4.78 is 59.6. The van der Waals surface area contributed by atoms with E-state index >= 15 is 0 Å². The van der Waals surface area contributed by atoms with Crippen molar-refractivity contribution < 1.29 is 36.2 Å². The molecule has 0 atom stereocenters. The van der Waals surface area contributed by atoms with Gasteiger partial charge in [-0.3, -0.25) is 9.11 Å². The van der Waals surface area contributed by atoms with Crippen molar-refractivity contribution in [2.24, 2.45) is 0 Å². The Kier molecular flexibility index (Phi) is 2.85. The molecule has 0 saturated carbocycles. The molecule has 0 saturated heterocycles. The molecule has 0 fully saturated rings. The van der Waals surface area contributed by atoms with E-state index in [-0.39, 0.29) is 12.1 Å². The van der Waals surface area contributed by atoms with Gasteiger partial charge in [-0.05, 0) is 12.1 Å². The Labute approximate surface area is 90.3 Å². The molecule has 0 aliphatic heterocycles. The summed E-state index contributed by atoms with van der Waals surface area (Å²) in [5.74, 6) is -3.04. The molecule has 10 heteroatoms. The highest BCUT2D eigenvalue weighted by Gasteiger charge is 2.17. The fraction of sp³-hybridized carbons (Fsp3) is 0. The van der Waals surface area contributed by atoms with Crippen LogP contribution >= 0.6 is 0 Å². The molecule has 0 aromatic heterocycles. The molecular formula is C6H4O8S2-2. The smallest absolute Gasteiger partial charge is 0.294 e. The van der Waals surface area contributed by atoms with Gasteiger partial charge in [0, 0.05) is 0 Å². The first-order chi connectivity index (χ1) is 7.03. The van der Waals surface area contributed by atoms with Crippen LogP contribution in [0.4, 0.5) is 0 Å². The maximum Gasteiger partial charge on any atom is 0.294 e. The van der Waals surface area contributed by atoms with Crippen molar-refractivity contribution in [3.05, 3.63) is 12.1 Å². The highest BCUT2D eigenvalue weighted by Crippen LogP contribution is 2.30. The van der Waals surface area contributed by atoms with Crippen LogP contribution in [0.1, 0.15) is 0 Å². The molecule has 0 bridgehead atoms. The zero-order valence-corrected chi connectivity index (χ0v) is 8.95. The van der Waals surface area contributed by atoms with Crippen LogP contribution in [-0.4, -0.2) is 25.9 Å². The van der Waals surface area contributed by atoms with Crippen LogP contribution in [0.2, 0.25) is 0 Å². The summed E-state index contributed by atoms with van der Waals surface area (Å²) in [5.41, 5.74) is 0. The molecule has 1 rings (SSSR count). The fourth-order valence-corrected chi connectivity index (χ4v) is 2.10. The molecule has 90 valence electrons. The Balaban J connectivity index is 3.72. The van der Waals surface area contributed by atoms with Gasteiger partial charge in [0.15, 0.2) is 0 Å². The SMILES string of the molecule is O=S(=O)(O)c1cc([O-])c([O-])c(S(=O)(=O)O)c1. The first-order valence-electron chi connectivity index (χ1n) is 3.50. The summed E-state index contributed by atoms with van der Waals surface area (Å²) in [6.45, 7) is 0. The molecule has 2 N–H and O–H groups in total. The van der Waals surface area contributed by atoms with Crippen LogP contribution in [0.25, 0.3) is 0 Å². The van der Waals surface area contributed by atoms with Crippen molar-refractivity contribution in [2.75, 3.05) is 0 Å². The minimum atomic E-state index is -5.03. The molecule has 0 heterocycles. The van der Waals surface area contributed by atoms with E-state index in [9.17, 15) is 27.0 Å². The normalized spacial score (nSPS) is 12.6. The van der Waals surface area contributed by atoms with Gasteiger partial charge in [0.2, 0.25) is 0 Å². The number of rotatable bonds is 2. The van der Waals surface area contributed by atoms with E-state index in [1.54, 1.807) is 0 Å². The molecule has 1 aromatic carbocycles. The molecule has 1 aromatic rings. The summed E-state index contributed by atoms with van der Waals surface area (Å²) in [7, 11) is -9.87. The van der Waals surface area contributed by atoms with Crippen molar-refractivity contribution in [1.29, 1.82) is 0 Å². The minimum absolute atomic E-state index is 0.203. The van der Waals surface area contributed by atoms with E-state index in [1.165, 1.54) is 0 Å². The maximum absolute atomic E-state index is 11.0. The topological polar surface area (TPSA) is 155 Å². The van der Waals surface area contributed by atoms with E-state index in [2.05, 4.69) is 0 Å². The van der Waals surface area contributed by atoms with Crippen LogP contribution in [0, 0.1) is 0 Å². The van der Waals surface area contributed by atoms with Crippen LogP contribution in [-0.2, 0) is 20.2 Å². The monoisotopic (exact) mass is 268 g/mol. The molecule has 0 aliphatic rings. The molecular weight excluding hydrogens is 264 g/mol. The number of hydrogen-bond donors (Lipinski definition) is 2. The third-order valence-electron chi connectivity index (χ3n) is 1.57. The predicted octanol–water partition coefficient (Wildman–Crippen LogP) is -1.67. The lowest BCUT2D eigenvalue weighted by molar-refractivity contribution is -0.320. The Hall–Kier alpha value is -1.36. The minimum Gasteiger partial charge on any atom is -0.873 e. The van der Waals surface area contributed by atoms with Gasteiger partial charge in [-0.1, -0.05) is 5.75 Å². The van der Waals surface area contributed by atoms with Crippen LogP contribution in [0.5, 0.6) is 11.5 Å².